The Morgan fingerprint density at radius 1 is 0.966 bits per heavy atom. The topological polar surface area (TPSA) is 69.2 Å². The highest BCUT2D eigenvalue weighted by Gasteiger charge is 2.15. The zero-order valence-electron chi connectivity index (χ0n) is 15.1. The molecule has 5 nitrogen and oxygen atoms in total. The third-order valence-electron chi connectivity index (χ3n) is 4.28. The van der Waals surface area contributed by atoms with Crippen LogP contribution < -0.4 is 4.74 Å². The molecule has 0 atom stereocenters. The van der Waals surface area contributed by atoms with Crippen molar-refractivity contribution in [3.05, 3.63) is 77.8 Å². The number of benzene rings is 3. The van der Waals surface area contributed by atoms with Gasteiger partial charge >= 0.3 is 0 Å². The van der Waals surface area contributed by atoms with E-state index in [0.717, 1.165) is 6.26 Å². The molecule has 0 bridgehead atoms. The number of hydrogen-bond donors (Lipinski definition) is 0. The lowest BCUT2D eigenvalue weighted by molar-refractivity contribution is 0.479. The Morgan fingerprint density at radius 3 is 2.52 bits per heavy atom. The van der Waals surface area contributed by atoms with Crippen molar-refractivity contribution in [3.63, 3.8) is 0 Å². The standard InChI is InChI=1S/C21H14ClFN2O3S/c1-29(26,27)15-5-2-4-13(10-15)28-14-8-9-19(23)17(11-14)20-16-6-3-7-18(22)21(16)25-12-24-20/h2-12H,1H3. The first-order valence-electron chi connectivity index (χ1n) is 8.50. The van der Waals surface area contributed by atoms with E-state index < -0.39 is 15.7 Å². The molecule has 1 heterocycles. The van der Waals surface area contributed by atoms with E-state index in [-0.39, 0.29) is 10.5 Å². The Morgan fingerprint density at radius 2 is 1.72 bits per heavy atom. The average Bonchev–Trinajstić information content (AvgIpc) is 2.69. The van der Waals surface area contributed by atoms with Gasteiger partial charge in [-0.2, -0.15) is 0 Å². The Balaban J connectivity index is 1.78. The predicted octanol–water partition coefficient (Wildman–Crippen LogP) is 5.29. The predicted molar refractivity (Wildman–Crippen MR) is 110 cm³/mol. The van der Waals surface area contributed by atoms with Gasteiger partial charge < -0.3 is 4.74 Å². The summed E-state index contributed by atoms with van der Waals surface area (Å²) in [5.74, 6) is 0.170. The van der Waals surface area contributed by atoms with E-state index in [2.05, 4.69) is 9.97 Å². The van der Waals surface area contributed by atoms with Crippen molar-refractivity contribution in [1.82, 2.24) is 9.97 Å². The number of aromatic nitrogens is 2. The van der Waals surface area contributed by atoms with Gasteiger partial charge in [0.15, 0.2) is 9.84 Å². The average molecular weight is 429 g/mol. The summed E-state index contributed by atoms with van der Waals surface area (Å²) < 4.78 is 43.9. The monoisotopic (exact) mass is 428 g/mol. The fraction of sp³-hybridized carbons (Fsp3) is 0.0476. The van der Waals surface area contributed by atoms with Gasteiger partial charge in [-0.15, -0.1) is 0 Å². The van der Waals surface area contributed by atoms with Gasteiger partial charge in [-0.25, -0.2) is 22.8 Å². The van der Waals surface area contributed by atoms with E-state index in [9.17, 15) is 12.8 Å². The molecule has 0 unspecified atom stereocenters. The van der Waals surface area contributed by atoms with Crippen LogP contribution in [0.15, 0.2) is 71.9 Å². The van der Waals surface area contributed by atoms with E-state index in [1.54, 1.807) is 30.3 Å². The molecule has 4 rings (SSSR count). The fourth-order valence-electron chi connectivity index (χ4n) is 2.92. The highest BCUT2D eigenvalue weighted by molar-refractivity contribution is 7.90. The molecule has 0 aliphatic rings. The lowest BCUT2D eigenvalue weighted by Gasteiger charge is -2.11. The van der Waals surface area contributed by atoms with Gasteiger partial charge in [-0.3, -0.25) is 0 Å². The minimum Gasteiger partial charge on any atom is -0.457 e. The fourth-order valence-corrected chi connectivity index (χ4v) is 3.80. The van der Waals surface area contributed by atoms with Gasteiger partial charge in [0.1, 0.15) is 23.6 Å². The van der Waals surface area contributed by atoms with Crippen molar-refractivity contribution >= 4 is 32.3 Å². The SMILES string of the molecule is CS(=O)(=O)c1cccc(Oc2ccc(F)c(-c3ncnc4c(Cl)cccc34)c2)c1. The first-order chi connectivity index (χ1) is 13.8. The van der Waals surface area contributed by atoms with Crippen molar-refractivity contribution in [3.8, 4) is 22.8 Å². The van der Waals surface area contributed by atoms with Crippen molar-refractivity contribution in [2.45, 2.75) is 4.90 Å². The molecule has 4 aromatic rings. The number of halogens is 2. The van der Waals surface area contributed by atoms with Crippen LogP contribution in [0.25, 0.3) is 22.2 Å². The summed E-state index contributed by atoms with van der Waals surface area (Å²) in [4.78, 5) is 8.53. The largest absolute Gasteiger partial charge is 0.457 e. The molecule has 0 aliphatic carbocycles. The summed E-state index contributed by atoms with van der Waals surface area (Å²) in [6, 6.07) is 15.5. The molecule has 1 aromatic heterocycles. The highest BCUT2D eigenvalue weighted by Crippen LogP contribution is 2.34. The zero-order valence-corrected chi connectivity index (χ0v) is 16.7. The molecule has 8 heteroatoms. The third-order valence-corrected chi connectivity index (χ3v) is 5.69. The summed E-state index contributed by atoms with van der Waals surface area (Å²) in [5, 5.41) is 1.05. The highest BCUT2D eigenvalue weighted by atomic mass is 35.5. The van der Waals surface area contributed by atoms with Gasteiger partial charge in [0.25, 0.3) is 0 Å². The summed E-state index contributed by atoms with van der Waals surface area (Å²) in [6.07, 6.45) is 2.44. The van der Waals surface area contributed by atoms with Crippen LogP contribution in [0.4, 0.5) is 4.39 Å². The van der Waals surface area contributed by atoms with Crippen LogP contribution in [0, 0.1) is 5.82 Å². The molecule has 0 amide bonds. The first kappa shape index (κ1) is 19.3. The molecule has 0 N–H and O–H groups in total. The quantitative estimate of drug-likeness (QED) is 0.442. The molecule has 0 aliphatic heterocycles. The second-order valence-electron chi connectivity index (χ2n) is 6.35. The number of para-hydroxylation sites is 1. The zero-order chi connectivity index (χ0) is 20.6. The van der Waals surface area contributed by atoms with Crippen molar-refractivity contribution in [2.75, 3.05) is 6.26 Å². The molecule has 0 fully saturated rings. The molecular formula is C21H14ClFN2O3S. The van der Waals surface area contributed by atoms with E-state index >= 15 is 0 Å². The van der Waals surface area contributed by atoms with Crippen LogP contribution in [0.2, 0.25) is 5.02 Å². The van der Waals surface area contributed by atoms with E-state index in [1.807, 2.05) is 0 Å². The molecular weight excluding hydrogens is 415 g/mol. The van der Waals surface area contributed by atoms with Gasteiger partial charge in [-0.05, 0) is 42.5 Å². The Labute approximate surface area is 171 Å². The maximum absolute atomic E-state index is 14.6. The maximum Gasteiger partial charge on any atom is 0.175 e. The number of nitrogens with zero attached hydrogens (tertiary/aromatic N) is 2. The Bertz CT molecular complexity index is 1340. The molecule has 29 heavy (non-hydrogen) atoms. The molecule has 3 aromatic carbocycles. The second-order valence-corrected chi connectivity index (χ2v) is 8.77. The first-order valence-corrected chi connectivity index (χ1v) is 10.8. The van der Waals surface area contributed by atoms with Crippen LogP contribution in [0.5, 0.6) is 11.5 Å². The number of sulfone groups is 1. The van der Waals surface area contributed by atoms with Crippen LogP contribution in [0.3, 0.4) is 0 Å². The minimum atomic E-state index is -3.37. The number of fused-ring (bicyclic) bond motifs is 1. The van der Waals surface area contributed by atoms with Crippen LogP contribution in [0.1, 0.15) is 0 Å². The van der Waals surface area contributed by atoms with E-state index in [0.29, 0.717) is 33.1 Å². The third kappa shape index (κ3) is 3.92. The number of rotatable bonds is 4. The normalized spacial score (nSPS) is 11.6. The molecule has 0 spiro atoms. The van der Waals surface area contributed by atoms with Gasteiger partial charge in [0.05, 0.1) is 21.1 Å². The molecule has 0 radical (unpaired) electrons. The van der Waals surface area contributed by atoms with Crippen molar-refractivity contribution in [1.29, 1.82) is 0 Å². The Kier molecular flexibility index (Phi) is 4.94. The van der Waals surface area contributed by atoms with Crippen LogP contribution in [-0.4, -0.2) is 24.6 Å². The van der Waals surface area contributed by atoms with Gasteiger partial charge in [-0.1, -0.05) is 29.8 Å². The molecule has 0 saturated heterocycles. The Hall–Kier alpha value is -3.03. The smallest absolute Gasteiger partial charge is 0.175 e. The van der Waals surface area contributed by atoms with Gasteiger partial charge in [0, 0.05) is 17.2 Å². The molecule has 0 saturated carbocycles. The molecule has 146 valence electrons. The summed E-state index contributed by atoms with van der Waals surface area (Å²) in [5.41, 5.74) is 1.12. The van der Waals surface area contributed by atoms with Crippen molar-refractivity contribution < 1.29 is 17.5 Å². The van der Waals surface area contributed by atoms with E-state index in [1.165, 1.54) is 36.7 Å². The summed E-state index contributed by atoms with van der Waals surface area (Å²) >= 11 is 6.19. The maximum atomic E-state index is 14.6. The lowest BCUT2D eigenvalue weighted by atomic mass is 10.1. The minimum absolute atomic E-state index is 0.133. The van der Waals surface area contributed by atoms with Crippen LogP contribution in [-0.2, 0) is 9.84 Å². The summed E-state index contributed by atoms with van der Waals surface area (Å²) in [6.45, 7) is 0. The lowest BCUT2D eigenvalue weighted by Crippen LogP contribution is -1.97. The second kappa shape index (κ2) is 7.42. The number of ether oxygens (including phenoxy) is 1. The number of hydrogen-bond acceptors (Lipinski definition) is 5. The van der Waals surface area contributed by atoms with Crippen LogP contribution >= 0.6 is 11.6 Å². The van der Waals surface area contributed by atoms with E-state index in [4.69, 9.17) is 16.3 Å². The van der Waals surface area contributed by atoms with Gasteiger partial charge in [0.2, 0.25) is 0 Å². The summed E-state index contributed by atoms with van der Waals surface area (Å²) in [7, 11) is -3.37. The van der Waals surface area contributed by atoms with Crippen molar-refractivity contribution in [2.24, 2.45) is 0 Å².